The van der Waals surface area contributed by atoms with Gasteiger partial charge in [-0.1, -0.05) is 12.8 Å². The van der Waals surface area contributed by atoms with E-state index in [1.165, 1.54) is 25.7 Å². The van der Waals surface area contributed by atoms with E-state index in [1.54, 1.807) is 25.3 Å². The third-order valence-corrected chi connectivity index (χ3v) is 4.60. The van der Waals surface area contributed by atoms with Crippen molar-refractivity contribution in [3.63, 3.8) is 0 Å². The van der Waals surface area contributed by atoms with Crippen molar-refractivity contribution in [2.24, 2.45) is 0 Å². The maximum Gasteiger partial charge on any atom is 0.162 e. The van der Waals surface area contributed by atoms with E-state index in [4.69, 9.17) is 14.2 Å². The van der Waals surface area contributed by atoms with E-state index in [0.717, 1.165) is 19.1 Å². The maximum absolute atomic E-state index is 10.9. The van der Waals surface area contributed by atoms with Gasteiger partial charge < -0.3 is 14.2 Å². The molecule has 1 unspecified atom stereocenters. The molecule has 2 fully saturated rings. The van der Waals surface area contributed by atoms with E-state index in [2.05, 4.69) is 0 Å². The van der Waals surface area contributed by atoms with Crippen LogP contribution in [0, 0.1) is 0 Å². The number of carbonyl (C=O) groups excluding carboxylic acids is 1. The quantitative estimate of drug-likeness (QED) is 0.780. The highest BCUT2D eigenvalue weighted by Gasteiger charge is 2.42. The number of ether oxygens (including phenoxy) is 3. The van der Waals surface area contributed by atoms with E-state index in [-0.39, 0.29) is 11.7 Å². The summed E-state index contributed by atoms with van der Waals surface area (Å²) in [5.74, 6) is 1.26. The lowest BCUT2D eigenvalue weighted by molar-refractivity contribution is -0.0510. The normalized spacial score (nSPS) is 23.4. The molecule has 2 aliphatic rings. The van der Waals surface area contributed by atoms with Crippen LogP contribution in [0.1, 0.15) is 48.9 Å². The standard InChI is InChI=1S/C17H22O4/c1-19-15-5-4-13(11-18)10-16(15)20-12-14-6-9-17(21-14)7-2-3-8-17/h4-5,10-11,14H,2-3,6-9,12H2,1H3. The highest BCUT2D eigenvalue weighted by molar-refractivity contribution is 5.76. The van der Waals surface area contributed by atoms with Gasteiger partial charge in [0.1, 0.15) is 12.9 Å². The zero-order chi connectivity index (χ0) is 14.7. The van der Waals surface area contributed by atoms with Crippen molar-refractivity contribution < 1.29 is 19.0 Å². The monoisotopic (exact) mass is 290 g/mol. The Labute approximate surface area is 125 Å². The molecule has 21 heavy (non-hydrogen) atoms. The van der Waals surface area contributed by atoms with Crippen molar-refractivity contribution in [3.8, 4) is 11.5 Å². The van der Waals surface area contributed by atoms with Gasteiger partial charge in [0, 0.05) is 5.56 Å². The third kappa shape index (κ3) is 3.05. The topological polar surface area (TPSA) is 44.8 Å². The Hall–Kier alpha value is -1.55. The first kappa shape index (κ1) is 14.4. The first-order valence-electron chi connectivity index (χ1n) is 7.68. The molecule has 0 bridgehead atoms. The second-order valence-corrected chi connectivity index (χ2v) is 6.01. The molecule has 1 heterocycles. The molecular weight excluding hydrogens is 268 g/mol. The average molecular weight is 290 g/mol. The molecule has 1 spiro atoms. The summed E-state index contributed by atoms with van der Waals surface area (Å²) >= 11 is 0. The second-order valence-electron chi connectivity index (χ2n) is 6.01. The fourth-order valence-corrected chi connectivity index (χ4v) is 3.46. The predicted octanol–water partition coefficient (Wildman–Crippen LogP) is 3.38. The van der Waals surface area contributed by atoms with Crippen LogP contribution < -0.4 is 9.47 Å². The molecule has 1 aromatic rings. The number of methoxy groups -OCH3 is 1. The molecule has 1 aliphatic carbocycles. The lowest BCUT2D eigenvalue weighted by Gasteiger charge is -2.24. The minimum Gasteiger partial charge on any atom is -0.493 e. The number of hydrogen-bond donors (Lipinski definition) is 0. The van der Waals surface area contributed by atoms with Crippen LogP contribution in [-0.4, -0.2) is 31.7 Å². The van der Waals surface area contributed by atoms with Crippen LogP contribution in [0.5, 0.6) is 11.5 Å². The van der Waals surface area contributed by atoms with Gasteiger partial charge in [0.2, 0.25) is 0 Å². The summed E-state index contributed by atoms with van der Waals surface area (Å²) in [7, 11) is 1.60. The minimum atomic E-state index is 0.128. The summed E-state index contributed by atoms with van der Waals surface area (Å²) in [6.45, 7) is 0.514. The first-order chi connectivity index (χ1) is 10.2. The largest absolute Gasteiger partial charge is 0.493 e. The van der Waals surface area contributed by atoms with Crippen molar-refractivity contribution in [1.29, 1.82) is 0 Å². The van der Waals surface area contributed by atoms with Gasteiger partial charge in [-0.15, -0.1) is 0 Å². The number of rotatable bonds is 5. The highest BCUT2D eigenvalue weighted by atomic mass is 16.6. The van der Waals surface area contributed by atoms with Gasteiger partial charge in [-0.2, -0.15) is 0 Å². The van der Waals surface area contributed by atoms with E-state index >= 15 is 0 Å². The maximum atomic E-state index is 10.9. The summed E-state index contributed by atoms with van der Waals surface area (Å²) in [6.07, 6.45) is 8.09. The number of carbonyl (C=O) groups is 1. The molecule has 4 heteroatoms. The number of benzene rings is 1. The van der Waals surface area contributed by atoms with Crippen molar-refractivity contribution in [2.75, 3.05) is 13.7 Å². The highest BCUT2D eigenvalue weighted by Crippen LogP contribution is 2.43. The smallest absolute Gasteiger partial charge is 0.162 e. The molecule has 1 aliphatic heterocycles. The van der Waals surface area contributed by atoms with Crippen LogP contribution in [0.2, 0.25) is 0 Å². The SMILES string of the molecule is COc1ccc(C=O)cc1OCC1CCC2(CCCC2)O1. The summed E-state index contributed by atoms with van der Waals surface area (Å²) in [4.78, 5) is 10.9. The van der Waals surface area contributed by atoms with Crippen LogP contribution in [-0.2, 0) is 4.74 Å². The van der Waals surface area contributed by atoms with Gasteiger partial charge in [0.25, 0.3) is 0 Å². The van der Waals surface area contributed by atoms with Crippen LogP contribution in [0.15, 0.2) is 18.2 Å². The van der Waals surface area contributed by atoms with Crippen molar-refractivity contribution in [2.45, 2.75) is 50.2 Å². The number of hydrogen-bond acceptors (Lipinski definition) is 4. The molecule has 1 atom stereocenters. The van der Waals surface area contributed by atoms with Gasteiger partial charge in [-0.3, -0.25) is 4.79 Å². The molecule has 0 aromatic heterocycles. The van der Waals surface area contributed by atoms with Gasteiger partial charge >= 0.3 is 0 Å². The third-order valence-electron chi connectivity index (χ3n) is 4.60. The van der Waals surface area contributed by atoms with Crippen molar-refractivity contribution in [3.05, 3.63) is 23.8 Å². The minimum absolute atomic E-state index is 0.128. The summed E-state index contributed by atoms with van der Waals surface area (Å²) in [5, 5.41) is 0. The van der Waals surface area contributed by atoms with Gasteiger partial charge in [-0.05, 0) is 43.9 Å². The van der Waals surface area contributed by atoms with E-state index in [9.17, 15) is 4.79 Å². The molecule has 0 radical (unpaired) electrons. The van der Waals surface area contributed by atoms with Crippen LogP contribution in [0.4, 0.5) is 0 Å². The van der Waals surface area contributed by atoms with Gasteiger partial charge in [-0.25, -0.2) is 0 Å². The summed E-state index contributed by atoms with van der Waals surface area (Å²) in [5.41, 5.74) is 0.716. The van der Waals surface area contributed by atoms with E-state index in [0.29, 0.717) is 23.7 Å². The Morgan fingerprint density at radius 1 is 1.29 bits per heavy atom. The Bertz CT molecular complexity index is 506. The Morgan fingerprint density at radius 2 is 2.10 bits per heavy atom. The molecule has 4 nitrogen and oxygen atoms in total. The molecule has 1 saturated heterocycles. The molecule has 3 rings (SSSR count). The van der Waals surface area contributed by atoms with E-state index in [1.807, 2.05) is 0 Å². The van der Waals surface area contributed by atoms with Gasteiger partial charge in [0.15, 0.2) is 11.5 Å². The van der Waals surface area contributed by atoms with Crippen molar-refractivity contribution in [1.82, 2.24) is 0 Å². The zero-order valence-corrected chi connectivity index (χ0v) is 12.5. The van der Waals surface area contributed by atoms with E-state index < -0.39 is 0 Å². The average Bonchev–Trinajstić information content (AvgIpc) is 3.15. The van der Waals surface area contributed by atoms with Gasteiger partial charge in [0.05, 0.1) is 18.8 Å². The predicted molar refractivity (Wildman–Crippen MR) is 79.2 cm³/mol. The Morgan fingerprint density at radius 3 is 2.81 bits per heavy atom. The fraction of sp³-hybridized carbons (Fsp3) is 0.588. The Kier molecular flexibility index (Phi) is 4.15. The van der Waals surface area contributed by atoms with Crippen LogP contribution in [0.25, 0.3) is 0 Å². The summed E-state index contributed by atoms with van der Waals surface area (Å²) in [6, 6.07) is 5.19. The zero-order valence-electron chi connectivity index (χ0n) is 12.5. The molecule has 1 aromatic carbocycles. The van der Waals surface area contributed by atoms with Crippen molar-refractivity contribution >= 4 is 6.29 Å². The second kappa shape index (κ2) is 6.06. The first-order valence-corrected chi connectivity index (χ1v) is 7.68. The Balaban J connectivity index is 1.61. The van der Waals surface area contributed by atoms with Crippen LogP contribution in [0.3, 0.4) is 0 Å². The number of aldehydes is 1. The van der Waals surface area contributed by atoms with Crippen LogP contribution >= 0.6 is 0 Å². The molecule has 1 saturated carbocycles. The molecular formula is C17H22O4. The molecule has 0 N–H and O–H groups in total. The summed E-state index contributed by atoms with van der Waals surface area (Å²) < 4.78 is 17.3. The molecule has 114 valence electrons. The lowest BCUT2D eigenvalue weighted by Crippen LogP contribution is -2.27. The fourth-order valence-electron chi connectivity index (χ4n) is 3.46. The molecule has 0 amide bonds. The lowest BCUT2D eigenvalue weighted by atomic mass is 9.98.